The maximum absolute atomic E-state index is 11.8. The molecule has 0 aromatic carbocycles. The van der Waals surface area contributed by atoms with E-state index in [0.29, 0.717) is 30.4 Å². The summed E-state index contributed by atoms with van der Waals surface area (Å²) in [5.74, 6) is 0.718. The van der Waals surface area contributed by atoms with Gasteiger partial charge in [0.25, 0.3) is 0 Å². The molecule has 1 aliphatic rings. The van der Waals surface area contributed by atoms with Crippen molar-refractivity contribution in [3.05, 3.63) is 23.9 Å². The number of aromatic nitrogens is 1. The topological polar surface area (TPSA) is 77.8 Å². The van der Waals surface area contributed by atoms with Crippen molar-refractivity contribution in [2.24, 2.45) is 0 Å². The van der Waals surface area contributed by atoms with Gasteiger partial charge in [-0.2, -0.15) is 5.26 Å². The maximum Gasteiger partial charge on any atom is 0.221 e. The summed E-state index contributed by atoms with van der Waals surface area (Å²) in [6.07, 6.45) is 7.94. The lowest BCUT2D eigenvalue weighted by atomic mass is 9.95. The van der Waals surface area contributed by atoms with E-state index in [-0.39, 0.29) is 5.91 Å². The molecule has 1 aliphatic carbocycles. The molecule has 1 saturated carbocycles. The van der Waals surface area contributed by atoms with E-state index < -0.39 is 0 Å². The average molecular weight is 272 g/mol. The fourth-order valence-electron chi connectivity index (χ4n) is 2.45. The van der Waals surface area contributed by atoms with Crippen LogP contribution < -0.4 is 10.6 Å². The summed E-state index contributed by atoms with van der Waals surface area (Å²) in [4.78, 5) is 15.9. The maximum atomic E-state index is 11.8. The predicted molar refractivity (Wildman–Crippen MR) is 77.1 cm³/mol. The van der Waals surface area contributed by atoms with Gasteiger partial charge in [0.2, 0.25) is 5.91 Å². The molecule has 2 rings (SSSR count). The van der Waals surface area contributed by atoms with Gasteiger partial charge in [-0.3, -0.25) is 4.79 Å². The monoisotopic (exact) mass is 272 g/mol. The first kappa shape index (κ1) is 14.3. The highest BCUT2D eigenvalue weighted by molar-refractivity contribution is 5.76. The first-order valence-electron chi connectivity index (χ1n) is 7.17. The molecule has 1 heterocycles. The van der Waals surface area contributed by atoms with Crippen LogP contribution in [0.15, 0.2) is 18.3 Å². The normalized spacial score (nSPS) is 15.3. The van der Waals surface area contributed by atoms with Crippen LogP contribution in [-0.2, 0) is 4.79 Å². The van der Waals surface area contributed by atoms with Crippen LogP contribution in [0.25, 0.3) is 0 Å². The molecule has 1 amide bonds. The van der Waals surface area contributed by atoms with Gasteiger partial charge in [0.15, 0.2) is 0 Å². The van der Waals surface area contributed by atoms with E-state index in [0.717, 1.165) is 12.8 Å². The molecule has 1 aromatic heterocycles. The largest absolute Gasteiger partial charge is 0.370 e. The number of carbonyl (C=O) groups is 1. The van der Waals surface area contributed by atoms with Gasteiger partial charge in [-0.1, -0.05) is 19.3 Å². The molecular formula is C15H20N4O. The fraction of sp³-hybridized carbons (Fsp3) is 0.533. The summed E-state index contributed by atoms with van der Waals surface area (Å²) in [7, 11) is 0. The van der Waals surface area contributed by atoms with Gasteiger partial charge < -0.3 is 10.6 Å². The summed E-state index contributed by atoms with van der Waals surface area (Å²) in [5, 5.41) is 14.9. The van der Waals surface area contributed by atoms with Crippen molar-refractivity contribution in [2.45, 2.75) is 44.6 Å². The summed E-state index contributed by atoms with van der Waals surface area (Å²) in [5.41, 5.74) is 0.564. The lowest BCUT2D eigenvalue weighted by Gasteiger charge is -2.22. The minimum atomic E-state index is 0.0841. The SMILES string of the molecule is N#Cc1ccnc(NCCC(=O)NC2CCCCC2)c1. The number of hydrogen-bond acceptors (Lipinski definition) is 4. The lowest BCUT2D eigenvalue weighted by Crippen LogP contribution is -2.36. The molecule has 0 atom stereocenters. The zero-order valence-electron chi connectivity index (χ0n) is 11.6. The second kappa shape index (κ2) is 7.49. The number of anilines is 1. The zero-order chi connectivity index (χ0) is 14.2. The summed E-state index contributed by atoms with van der Waals surface area (Å²) in [6, 6.07) is 5.75. The van der Waals surface area contributed by atoms with Crippen LogP contribution >= 0.6 is 0 Å². The van der Waals surface area contributed by atoms with Crippen LogP contribution in [0.4, 0.5) is 5.82 Å². The molecule has 0 radical (unpaired) electrons. The van der Waals surface area contributed by atoms with E-state index in [2.05, 4.69) is 21.7 Å². The quantitative estimate of drug-likeness (QED) is 0.861. The van der Waals surface area contributed by atoms with Gasteiger partial charge >= 0.3 is 0 Å². The van der Waals surface area contributed by atoms with E-state index in [9.17, 15) is 4.79 Å². The van der Waals surface area contributed by atoms with Crippen molar-refractivity contribution in [1.29, 1.82) is 5.26 Å². The Balaban J connectivity index is 1.69. The number of pyridine rings is 1. The molecule has 0 spiro atoms. The van der Waals surface area contributed by atoms with Gasteiger partial charge in [0.1, 0.15) is 5.82 Å². The number of carbonyl (C=O) groups excluding carboxylic acids is 1. The third-order valence-corrected chi connectivity index (χ3v) is 3.52. The molecular weight excluding hydrogens is 252 g/mol. The molecule has 0 bridgehead atoms. The standard InChI is InChI=1S/C15H20N4O/c16-11-12-6-8-17-14(10-12)18-9-7-15(20)19-13-4-2-1-3-5-13/h6,8,10,13H,1-5,7,9H2,(H,17,18)(H,19,20). The Morgan fingerprint density at radius 2 is 2.20 bits per heavy atom. The van der Waals surface area contributed by atoms with Crippen molar-refractivity contribution in [2.75, 3.05) is 11.9 Å². The van der Waals surface area contributed by atoms with Crippen molar-refractivity contribution in [3.63, 3.8) is 0 Å². The Bertz CT molecular complexity index is 489. The Labute approximate surface area is 119 Å². The molecule has 0 aliphatic heterocycles. The molecule has 5 nitrogen and oxygen atoms in total. The van der Waals surface area contributed by atoms with Crippen molar-refractivity contribution < 1.29 is 4.79 Å². The summed E-state index contributed by atoms with van der Waals surface area (Å²) in [6.45, 7) is 0.528. The second-order valence-corrected chi connectivity index (χ2v) is 5.12. The van der Waals surface area contributed by atoms with Crippen LogP contribution in [-0.4, -0.2) is 23.5 Å². The van der Waals surface area contributed by atoms with Gasteiger partial charge in [-0.15, -0.1) is 0 Å². The lowest BCUT2D eigenvalue weighted by molar-refractivity contribution is -0.121. The molecule has 5 heteroatoms. The van der Waals surface area contributed by atoms with E-state index in [1.165, 1.54) is 19.3 Å². The first-order chi connectivity index (χ1) is 9.78. The highest BCUT2D eigenvalue weighted by atomic mass is 16.1. The van der Waals surface area contributed by atoms with E-state index in [1.54, 1.807) is 18.3 Å². The van der Waals surface area contributed by atoms with Crippen molar-refractivity contribution in [1.82, 2.24) is 10.3 Å². The van der Waals surface area contributed by atoms with Gasteiger partial charge in [0.05, 0.1) is 11.6 Å². The molecule has 20 heavy (non-hydrogen) atoms. The van der Waals surface area contributed by atoms with Crippen molar-refractivity contribution >= 4 is 11.7 Å². The predicted octanol–water partition coefficient (Wildman–Crippen LogP) is 2.20. The molecule has 0 saturated heterocycles. The summed E-state index contributed by atoms with van der Waals surface area (Å²) >= 11 is 0. The van der Waals surface area contributed by atoms with Crippen LogP contribution in [0.3, 0.4) is 0 Å². The van der Waals surface area contributed by atoms with Gasteiger partial charge in [-0.05, 0) is 25.0 Å². The Morgan fingerprint density at radius 3 is 2.95 bits per heavy atom. The minimum Gasteiger partial charge on any atom is -0.370 e. The minimum absolute atomic E-state index is 0.0841. The highest BCUT2D eigenvalue weighted by Gasteiger charge is 2.15. The van der Waals surface area contributed by atoms with Crippen LogP contribution in [0.2, 0.25) is 0 Å². The third kappa shape index (κ3) is 4.54. The molecule has 0 unspecified atom stereocenters. The second-order valence-electron chi connectivity index (χ2n) is 5.12. The van der Waals surface area contributed by atoms with Crippen LogP contribution in [0.5, 0.6) is 0 Å². The number of hydrogen-bond donors (Lipinski definition) is 2. The van der Waals surface area contributed by atoms with E-state index >= 15 is 0 Å². The first-order valence-corrected chi connectivity index (χ1v) is 7.17. The summed E-state index contributed by atoms with van der Waals surface area (Å²) < 4.78 is 0. The Kier molecular flexibility index (Phi) is 5.36. The fourth-order valence-corrected chi connectivity index (χ4v) is 2.45. The van der Waals surface area contributed by atoms with E-state index in [1.807, 2.05) is 0 Å². The highest BCUT2D eigenvalue weighted by Crippen LogP contribution is 2.17. The number of nitrogens with one attached hydrogen (secondary N) is 2. The molecule has 1 aromatic rings. The number of rotatable bonds is 5. The molecule has 106 valence electrons. The average Bonchev–Trinajstić information content (AvgIpc) is 2.48. The number of amides is 1. The Morgan fingerprint density at radius 1 is 1.40 bits per heavy atom. The number of nitriles is 1. The van der Waals surface area contributed by atoms with Gasteiger partial charge in [-0.25, -0.2) is 4.98 Å². The van der Waals surface area contributed by atoms with Crippen LogP contribution in [0, 0.1) is 11.3 Å². The number of nitrogens with zero attached hydrogens (tertiary/aromatic N) is 2. The molecule has 2 N–H and O–H groups in total. The van der Waals surface area contributed by atoms with Gasteiger partial charge in [0, 0.05) is 25.2 Å². The van der Waals surface area contributed by atoms with Crippen LogP contribution in [0.1, 0.15) is 44.1 Å². The zero-order valence-corrected chi connectivity index (χ0v) is 11.6. The Hall–Kier alpha value is -2.09. The smallest absolute Gasteiger partial charge is 0.221 e. The van der Waals surface area contributed by atoms with Crippen molar-refractivity contribution in [3.8, 4) is 6.07 Å². The van der Waals surface area contributed by atoms with E-state index in [4.69, 9.17) is 5.26 Å². The third-order valence-electron chi connectivity index (χ3n) is 3.52. The molecule has 1 fully saturated rings.